The minimum atomic E-state index is -4.54. The molecule has 4 rings (SSSR count). The number of halogens is 5. The molecule has 1 aromatic heterocycles. The maximum Gasteiger partial charge on any atom is 0.416 e. The molecule has 1 amide bonds. The van der Waals surface area contributed by atoms with Crippen LogP contribution in [0.15, 0.2) is 77.7 Å². The summed E-state index contributed by atoms with van der Waals surface area (Å²) >= 11 is 0.540. The molecule has 0 saturated heterocycles. The number of sulfone groups is 1. The molecule has 2 N–H and O–H groups in total. The van der Waals surface area contributed by atoms with Gasteiger partial charge >= 0.3 is 6.18 Å². The number of benzene rings is 3. The lowest BCUT2D eigenvalue weighted by Crippen LogP contribution is -2.30. The van der Waals surface area contributed by atoms with Crippen molar-refractivity contribution < 1.29 is 45.0 Å². The summed E-state index contributed by atoms with van der Waals surface area (Å²) in [5.74, 6) is -0.670. The Bertz CT molecular complexity index is 1640. The predicted octanol–water partition coefficient (Wildman–Crippen LogP) is 6.82. The fourth-order valence-corrected chi connectivity index (χ4v) is 5.55. The van der Waals surface area contributed by atoms with Gasteiger partial charge < -0.3 is 15.2 Å². The van der Waals surface area contributed by atoms with E-state index in [4.69, 9.17) is 4.74 Å². The molecule has 1 unspecified atom stereocenters. The molecule has 0 bridgehead atoms. The van der Waals surface area contributed by atoms with E-state index in [2.05, 4.69) is 10.3 Å². The zero-order valence-corrected chi connectivity index (χ0v) is 23.4. The number of aliphatic hydroxyl groups is 1. The molecule has 0 aliphatic carbocycles. The Morgan fingerprint density at radius 3 is 2.14 bits per heavy atom. The van der Waals surface area contributed by atoms with E-state index >= 15 is 0 Å². The second-order valence-corrected chi connectivity index (χ2v) is 12.1. The second kappa shape index (κ2) is 12.5. The van der Waals surface area contributed by atoms with Crippen molar-refractivity contribution in [2.45, 2.75) is 30.5 Å². The van der Waals surface area contributed by atoms with Gasteiger partial charge in [0.15, 0.2) is 9.84 Å². The molecule has 7 nitrogen and oxygen atoms in total. The van der Waals surface area contributed by atoms with Crippen LogP contribution >= 0.6 is 11.3 Å². The van der Waals surface area contributed by atoms with E-state index in [0.29, 0.717) is 16.9 Å². The first-order chi connectivity index (χ1) is 19.8. The highest BCUT2D eigenvalue weighted by Gasteiger charge is 2.30. The minimum absolute atomic E-state index is 0.0174. The van der Waals surface area contributed by atoms with Crippen LogP contribution in [0.5, 0.6) is 10.9 Å². The Balaban J connectivity index is 1.49. The number of aliphatic hydroxyl groups excluding tert-OH is 1. The van der Waals surface area contributed by atoms with Gasteiger partial charge in [0.05, 0.1) is 34.6 Å². The first-order valence-electron chi connectivity index (χ1n) is 12.3. The Kier molecular flexibility index (Phi) is 9.28. The number of thiazole rings is 1. The number of hydrogen-bond donors (Lipinski definition) is 2. The van der Waals surface area contributed by atoms with Crippen molar-refractivity contribution in [2.24, 2.45) is 0 Å². The summed E-state index contributed by atoms with van der Waals surface area (Å²) in [6, 6.07) is 14.2. The fraction of sp³-hybridized carbons (Fsp3) is 0.214. The number of nitrogens with zero attached hydrogens (tertiary/aromatic N) is 1. The van der Waals surface area contributed by atoms with E-state index in [-0.39, 0.29) is 38.4 Å². The highest BCUT2D eigenvalue weighted by atomic mass is 32.2. The van der Waals surface area contributed by atoms with Gasteiger partial charge in [0.25, 0.3) is 17.5 Å². The number of carbonyl (C=O) groups excluding carboxylic acids is 1. The number of alkyl halides is 5. The van der Waals surface area contributed by atoms with E-state index in [1.165, 1.54) is 55.5 Å². The number of ether oxygens (including phenoxy) is 1. The molecule has 222 valence electrons. The van der Waals surface area contributed by atoms with Gasteiger partial charge in [0.2, 0.25) is 0 Å². The Labute approximate surface area is 241 Å². The summed E-state index contributed by atoms with van der Waals surface area (Å²) in [5.41, 5.74) is -0.136. The Hall–Kier alpha value is -3.88. The number of rotatable bonds is 10. The molecule has 0 aliphatic heterocycles. The molecule has 0 spiro atoms. The lowest BCUT2D eigenvalue weighted by molar-refractivity contribution is -0.137. The number of nitrogens with one attached hydrogen (secondary N) is 1. The second-order valence-electron chi connectivity index (χ2n) is 8.88. The third-order valence-corrected chi connectivity index (χ3v) is 8.84. The fourth-order valence-electron chi connectivity index (χ4n) is 3.85. The molecule has 1 heterocycles. The van der Waals surface area contributed by atoms with E-state index in [1.54, 1.807) is 0 Å². The summed E-state index contributed by atoms with van der Waals surface area (Å²) in [5, 5.41) is 12.2. The van der Waals surface area contributed by atoms with Crippen molar-refractivity contribution in [1.82, 2.24) is 10.3 Å². The highest BCUT2D eigenvalue weighted by molar-refractivity contribution is 7.91. The average molecular weight is 627 g/mol. The van der Waals surface area contributed by atoms with Crippen LogP contribution in [0.25, 0.3) is 11.3 Å². The number of aromatic nitrogens is 1. The maximum atomic E-state index is 13.8. The van der Waals surface area contributed by atoms with Crippen LogP contribution in [0.1, 0.15) is 45.8 Å². The van der Waals surface area contributed by atoms with Crippen molar-refractivity contribution >= 4 is 27.1 Å². The summed E-state index contributed by atoms with van der Waals surface area (Å²) in [6.45, 7) is 1.05. The zero-order chi connectivity index (χ0) is 30.7. The molecule has 0 aliphatic rings. The third kappa shape index (κ3) is 7.12. The molecule has 1 atom stereocenters. The minimum Gasteiger partial charge on any atom is -0.431 e. The summed E-state index contributed by atoms with van der Waals surface area (Å²) < 4.78 is 95.4. The summed E-state index contributed by atoms with van der Waals surface area (Å²) in [6.07, 6.45) is -7.46. The topological polar surface area (TPSA) is 106 Å². The normalized spacial score (nSPS) is 12.8. The highest BCUT2D eigenvalue weighted by Crippen LogP contribution is 2.40. The largest absolute Gasteiger partial charge is 0.431 e. The standard InChI is InChI=1S/C28H23F5N2O5S2/c1-2-42(38,39)21-13-7-16(8-14-21)22(15-36)34-26(37)18-5-3-17(4-6-18)23-24(25(29)30)41-27(35-23)40-20-11-9-19(10-12-20)28(31,32)33/h3-14,22,25,36H,2,15H2,1H3,(H,34,37). The molecule has 4 aromatic rings. The van der Waals surface area contributed by atoms with E-state index in [0.717, 1.165) is 24.3 Å². The molecule has 0 fully saturated rings. The van der Waals surface area contributed by atoms with Crippen LogP contribution in [0, 0.1) is 0 Å². The molecule has 42 heavy (non-hydrogen) atoms. The van der Waals surface area contributed by atoms with Crippen LogP contribution < -0.4 is 10.1 Å². The lowest BCUT2D eigenvalue weighted by atomic mass is 10.1. The summed E-state index contributed by atoms with van der Waals surface area (Å²) in [4.78, 5) is 16.6. The van der Waals surface area contributed by atoms with Gasteiger partial charge in [-0.05, 0) is 54.1 Å². The lowest BCUT2D eigenvalue weighted by Gasteiger charge is -2.17. The predicted molar refractivity (Wildman–Crippen MR) is 145 cm³/mol. The van der Waals surface area contributed by atoms with E-state index in [1.807, 2.05) is 0 Å². The van der Waals surface area contributed by atoms with Gasteiger partial charge in [0, 0.05) is 11.1 Å². The smallest absolute Gasteiger partial charge is 0.416 e. The molecule has 3 aromatic carbocycles. The quantitative estimate of drug-likeness (QED) is 0.187. The molecule has 0 radical (unpaired) electrons. The number of hydrogen-bond acceptors (Lipinski definition) is 7. The summed E-state index contributed by atoms with van der Waals surface area (Å²) in [7, 11) is -3.42. The molecular weight excluding hydrogens is 603 g/mol. The number of carbonyl (C=O) groups is 1. The SMILES string of the molecule is CCS(=O)(=O)c1ccc(C(CO)NC(=O)c2ccc(-c3nc(Oc4ccc(C(F)(F)F)cc4)sc3C(F)F)cc2)cc1. The van der Waals surface area contributed by atoms with Crippen LogP contribution in [0.3, 0.4) is 0 Å². The maximum absolute atomic E-state index is 13.8. The van der Waals surface area contributed by atoms with Gasteiger partial charge in [0.1, 0.15) is 10.6 Å². The molecule has 0 saturated carbocycles. The first-order valence-corrected chi connectivity index (χ1v) is 14.8. The van der Waals surface area contributed by atoms with Crippen LogP contribution in [-0.2, 0) is 16.0 Å². The van der Waals surface area contributed by atoms with E-state index < -0.39 is 51.4 Å². The van der Waals surface area contributed by atoms with E-state index in [9.17, 15) is 40.3 Å². The molecular formula is C28H23F5N2O5S2. The first kappa shape index (κ1) is 31.1. The number of amides is 1. The van der Waals surface area contributed by atoms with Gasteiger partial charge in [-0.1, -0.05) is 42.5 Å². The van der Waals surface area contributed by atoms with Crippen LogP contribution in [-0.4, -0.2) is 36.8 Å². The average Bonchev–Trinajstić information content (AvgIpc) is 3.40. The van der Waals surface area contributed by atoms with Gasteiger partial charge in [-0.2, -0.15) is 13.2 Å². The van der Waals surface area contributed by atoms with Crippen molar-refractivity contribution in [3.05, 3.63) is 94.4 Å². The van der Waals surface area contributed by atoms with Crippen molar-refractivity contribution in [1.29, 1.82) is 0 Å². The van der Waals surface area contributed by atoms with Crippen molar-refractivity contribution in [3.8, 4) is 22.2 Å². The Morgan fingerprint density at radius 1 is 1.00 bits per heavy atom. The van der Waals surface area contributed by atoms with Gasteiger partial charge in [-0.3, -0.25) is 4.79 Å². The van der Waals surface area contributed by atoms with Crippen molar-refractivity contribution in [3.63, 3.8) is 0 Å². The van der Waals surface area contributed by atoms with Crippen LogP contribution in [0.4, 0.5) is 22.0 Å². The molecule has 14 heteroatoms. The third-order valence-electron chi connectivity index (χ3n) is 6.15. The van der Waals surface area contributed by atoms with Gasteiger partial charge in [-0.15, -0.1) is 0 Å². The van der Waals surface area contributed by atoms with Crippen molar-refractivity contribution in [2.75, 3.05) is 12.4 Å². The zero-order valence-electron chi connectivity index (χ0n) is 21.7. The van der Waals surface area contributed by atoms with Gasteiger partial charge in [-0.25, -0.2) is 22.2 Å². The Morgan fingerprint density at radius 2 is 1.62 bits per heavy atom. The monoisotopic (exact) mass is 626 g/mol. The van der Waals surface area contributed by atoms with Crippen LogP contribution in [0.2, 0.25) is 0 Å².